The number of nitriles is 1. The van der Waals surface area contributed by atoms with E-state index in [0.29, 0.717) is 12.0 Å². The number of nitrogens with one attached hydrogen (secondary N) is 1. The van der Waals surface area contributed by atoms with Crippen LogP contribution in [-0.4, -0.2) is 16.6 Å². The molecule has 2 aromatic rings. The SMILES string of the molecule is CC(C)(C)OC(=O)CC1Cc2c([nH]c3ccc(C#N)cc23)C(N)C1. The van der Waals surface area contributed by atoms with Gasteiger partial charge in [0.1, 0.15) is 5.60 Å². The topological polar surface area (TPSA) is 91.9 Å². The number of nitrogens with zero attached hydrogens (tertiary/aromatic N) is 1. The molecule has 0 spiro atoms. The molecule has 0 radical (unpaired) electrons. The lowest BCUT2D eigenvalue weighted by Gasteiger charge is -2.28. The van der Waals surface area contributed by atoms with Gasteiger partial charge in [0.05, 0.1) is 11.6 Å². The number of carbonyl (C=O) groups is 1. The maximum atomic E-state index is 12.1. The van der Waals surface area contributed by atoms with Gasteiger partial charge in [-0.3, -0.25) is 4.79 Å². The van der Waals surface area contributed by atoms with Crippen molar-refractivity contribution in [2.75, 3.05) is 0 Å². The summed E-state index contributed by atoms with van der Waals surface area (Å²) in [6.45, 7) is 5.62. The second-order valence-corrected chi connectivity index (χ2v) is 7.59. The second kappa shape index (κ2) is 5.95. The van der Waals surface area contributed by atoms with Crippen molar-refractivity contribution < 1.29 is 9.53 Å². The number of rotatable bonds is 2. The third-order valence-corrected chi connectivity index (χ3v) is 4.39. The number of nitrogens with two attached hydrogens (primary N) is 1. The van der Waals surface area contributed by atoms with Gasteiger partial charge in [0, 0.05) is 29.1 Å². The minimum atomic E-state index is -0.471. The van der Waals surface area contributed by atoms with Crippen molar-refractivity contribution in [1.82, 2.24) is 4.98 Å². The number of hydrogen-bond acceptors (Lipinski definition) is 4. The molecule has 1 aliphatic carbocycles. The molecular weight excluding hydrogens is 302 g/mol. The zero-order valence-corrected chi connectivity index (χ0v) is 14.3. The number of carbonyl (C=O) groups excluding carboxylic acids is 1. The van der Waals surface area contributed by atoms with Gasteiger partial charge in [-0.2, -0.15) is 5.26 Å². The second-order valence-electron chi connectivity index (χ2n) is 7.59. The Hall–Kier alpha value is -2.32. The molecule has 3 N–H and O–H groups in total. The average Bonchev–Trinajstić information content (AvgIpc) is 2.83. The van der Waals surface area contributed by atoms with Crippen LogP contribution in [-0.2, 0) is 16.0 Å². The van der Waals surface area contributed by atoms with Gasteiger partial charge in [0.15, 0.2) is 0 Å². The van der Waals surface area contributed by atoms with E-state index in [-0.39, 0.29) is 17.9 Å². The van der Waals surface area contributed by atoms with E-state index in [4.69, 9.17) is 15.7 Å². The molecule has 126 valence electrons. The fourth-order valence-corrected chi connectivity index (χ4v) is 3.50. The zero-order chi connectivity index (χ0) is 17.5. The molecule has 0 bridgehead atoms. The number of aromatic amines is 1. The van der Waals surface area contributed by atoms with Crippen LogP contribution < -0.4 is 5.73 Å². The lowest BCUT2D eigenvalue weighted by Crippen LogP contribution is -2.29. The zero-order valence-electron chi connectivity index (χ0n) is 14.3. The highest BCUT2D eigenvalue weighted by Gasteiger charge is 2.30. The Kier molecular flexibility index (Phi) is 4.10. The highest BCUT2D eigenvalue weighted by molar-refractivity contribution is 5.86. The first kappa shape index (κ1) is 16.5. The van der Waals surface area contributed by atoms with E-state index in [2.05, 4.69) is 11.1 Å². The van der Waals surface area contributed by atoms with Crippen molar-refractivity contribution >= 4 is 16.9 Å². The predicted octanol–water partition coefficient (Wildman–Crippen LogP) is 3.33. The lowest BCUT2D eigenvalue weighted by molar-refractivity contribution is -0.156. The largest absolute Gasteiger partial charge is 0.460 e. The number of esters is 1. The van der Waals surface area contributed by atoms with Gasteiger partial charge < -0.3 is 15.5 Å². The average molecular weight is 325 g/mol. The van der Waals surface area contributed by atoms with Crippen LogP contribution in [0.4, 0.5) is 0 Å². The number of aromatic nitrogens is 1. The molecule has 1 aliphatic rings. The minimum Gasteiger partial charge on any atom is -0.460 e. The summed E-state index contributed by atoms with van der Waals surface area (Å²) < 4.78 is 5.44. The third kappa shape index (κ3) is 3.29. The Morgan fingerprint density at radius 1 is 1.46 bits per heavy atom. The van der Waals surface area contributed by atoms with E-state index in [1.807, 2.05) is 32.9 Å². The van der Waals surface area contributed by atoms with Gasteiger partial charge in [-0.05, 0) is 63.3 Å². The van der Waals surface area contributed by atoms with Crippen LogP contribution >= 0.6 is 0 Å². The quantitative estimate of drug-likeness (QED) is 0.828. The third-order valence-electron chi connectivity index (χ3n) is 4.39. The van der Waals surface area contributed by atoms with E-state index < -0.39 is 5.60 Å². The van der Waals surface area contributed by atoms with Crippen LogP contribution in [0.2, 0.25) is 0 Å². The first-order chi connectivity index (χ1) is 11.3. The number of hydrogen-bond donors (Lipinski definition) is 2. The molecule has 0 aliphatic heterocycles. The number of benzene rings is 1. The van der Waals surface area contributed by atoms with Gasteiger partial charge in [-0.25, -0.2) is 0 Å². The van der Waals surface area contributed by atoms with Crippen molar-refractivity contribution in [3.8, 4) is 6.07 Å². The molecule has 1 heterocycles. The molecule has 1 aromatic carbocycles. The van der Waals surface area contributed by atoms with Crippen LogP contribution in [0.1, 0.15) is 56.5 Å². The van der Waals surface area contributed by atoms with Crippen LogP contribution in [0.15, 0.2) is 18.2 Å². The standard InChI is InChI=1S/C19H23N3O2/c1-19(2,3)24-17(23)9-12-7-14-13-6-11(10-20)4-5-16(13)22-18(14)15(21)8-12/h4-6,12,15,22H,7-9,21H2,1-3H3. The molecule has 2 unspecified atom stereocenters. The minimum absolute atomic E-state index is 0.126. The smallest absolute Gasteiger partial charge is 0.306 e. The summed E-state index contributed by atoms with van der Waals surface area (Å²) in [6.07, 6.45) is 1.90. The molecule has 0 saturated heterocycles. The number of fused-ring (bicyclic) bond motifs is 3. The highest BCUT2D eigenvalue weighted by Crippen LogP contribution is 2.38. The van der Waals surface area contributed by atoms with Crippen molar-refractivity contribution in [2.24, 2.45) is 11.7 Å². The molecule has 0 fully saturated rings. The monoisotopic (exact) mass is 325 g/mol. The maximum Gasteiger partial charge on any atom is 0.306 e. The van der Waals surface area contributed by atoms with Gasteiger partial charge in [0.25, 0.3) is 0 Å². The maximum absolute atomic E-state index is 12.1. The van der Waals surface area contributed by atoms with E-state index in [9.17, 15) is 4.79 Å². The van der Waals surface area contributed by atoms with Crippen molar-refractivity contribution in [2.45, 2.75) is 51.7 Å². The Bertz CT molecular complexity index is 823. The Labute approximate surface area is 141 Å². The molecule has 0 amide bonds. The molecule has 3 rings (SSSR count). The summed E-state index contributed by atoms with van der Waals surface area (Å²) in [7, 11) is 0. The summed E-state index contributed by atoms with van der Waals surface area (Å²) in [4.78, 5) is 15.5. The van der Waals surface area contributed by atoms with E-state index >= 15 is 0 Å². The fourth-order valence-electron chi connectivity index (χ4n) is 3.50. The van der Waals surface area contributed by atoms with Gasteiger partial charge in [-0.15, -0.1) is 0 Å². The van der Waals surface area contributed by atoms with Gasteiger partial charge >= 0.3 is 5.97 Å². The van der Waals surface area contributed by atoms with Crippen LogP contribution in [0.5, 0.6) is 0 Å². The molecule has 2 atom stereocenters. The van der Waals surface area contributed by atoms with Crippen molar-refractivity contribution in [1.29, 1.82) is 5.26 Å². The highest BCUT2D eigenvalue weighted by atomic mass is 16.6. The van der Waals surface area contributed by atoms with E-state index in [1.165, 1.54) is 0 Å². The summed E-state index contributed by atoms with van der Waals surface area (Å²) in [5.74, 6) is -0.0206. The van der Waals surface area contributed by atoms with Gasteiger partial charge in [-0.1, -0.05) is 0 Å². The Morgan fingerprint density at radius 2 is 2.21 bits per heavy atom. The Morgan fingerprint density at radius 3 is 2.88 bits per heavy atom. The van der Waals surface area contributed by atoms with Crippen molar-refractivity contribution in [3.63, 3.8) is 0 Å². The van der Waals surface area contributed by atoms with Crippen LogP contribution in [0, 0.1) is 17.2 Å². The molecule has 5 nitrogen and oxygen atoms in total. The van der Waals surface area contributed by atoms with E-state index in [1.54, 1.807) is 6.07 Å². The van der Waals surface area contributed by atoms with E-state index in [0.717, 1.165) is 35.0 Å². The molecule has 24 heavy (non-hydrogen) atoms. The fraction of sp³-hybridized carbons (Fsp3) is 0.474. The summed E-state index contributed by atoms with van der Waals surface area (Å²) in [6, 6.07) is 7.67. The summed E-state index contributed by atoms with van der Waals surface area (Å²) in [5.41, 5.74) is 9.64. The first-order valence-electron chi connectivity index (χ1n) is 8.29. The lowest BCUT2D eigenvalue weighted by atomic mass is 9.82. The molecule has 5 heteroatoms. The normalized spacial score (nSPS) is 20.5. The number of ether oxygens (including phenoxy) is 1. The van der Waals surface area contributed by atoms with Crippen molar-refractivity contribution in [3.05, 3.63) is 35.0 Å². The Balaban J connectivity index is 1.86. The summed E-state index contributed by atoms with van der Waals surface area (Å²) in [5, 5.41) is 10.2. The van der Waals surface area contributed by atoms with Gasteiger partial charge in [0.2, 0.25) is 0 Å². The summed E-state index contributed by atoms with van der Waals surface area (Å²) >= 11 is 0. The predicted molar refractivity (Wildman–Crippen MR) is 92.2 cm³/mol. The molecule has 1 aromatic heterocycles. The van der Waals surface area contributed by atoms with Crippen LogP contribution in [0.3, 0.4) is 0 Å². The first-order valence-corrected chi connectivity index (χ1v) is 8.29. The molecule has 0 saturated carbocycles. The number of H-pyrrole nitrogens is 1. The van der Waals surface area contributed by atoms with Crippen LogP contribution in [0.25, 0.3) is 10.9 Å². The molecular formula is C19H23N3O2.